The number of hydrogen-bond acceptors (Lipinski definition) is 7. The summed E-state index contributed by atoms with van der Waals surface area (Å²) in [5, 5.41) is 14.2. The molecule has 3 heterocycles. The summed E-state index contributed by atoms with van der Waals surface area (Å²) in [6, 6.07) is 5.78. The summed E-state index contributed by atoms with van der Waals surface area (Å²) in [6.07, 6.45) is 4.04. The normalized spacial score (nSPS) is 26.9. The molecule has 1 saturated carbocycles. The number of fused-ring (bicyclic) bond motifs is 2. The minimum atomic E-state index is -0.661. The minimum Gasteiger partial charge on any atom is -0.337 e. The number of benzene rings is 1. The molecule has 0 spiro atoms. The van der Waals surface area contributed by atoms with Gasteiger partial charge in [-0.15, -0.1) is 9.90 Å². The average Bonchev–Trinajstić information content (AvgIpc) is 3.29. The maximum atomic E-state index is 13.3. The molecule has 1 aromatic carbocycles. The largest absolute Gasteiger partial charge is 0.337 e. The van der Waals surface area contributed by atoms with Crippen LogP contribution in [0.2, 0.25) is 5.02 Å². The van der Waals surface area contributed by atoms with Gasteiger partial charge in [0.1, 0.15) is 17.4 Å². The first-order chi connectivity index (χ1) is 13.4. The fraction of sp³-hybridized carbons (Fsp3) is 0.444. The van der Waals surface area contributed by atoms with Gasteiger partial charge in [-0.2, -0.15) is 14.5 Å². The first kappa shape index (κ1) is 17.6. The number of nitrogens with zero attached hydrogens (tertiary/aromatic N) is 6. The van der Waals surface area contributed by atoms with Crippen LogP contribution in [0.1, 0.15) is 37.9 Å². The summed E-state index contributed by atoms with van der Waals surface area (Å²) >= 11 is 6.27. The Morgan fingerprint density at radius 3 is 2.93 bits per heavy atom. The number of nitrogens with one attached hydrogen (secondary N) is 1. The van der Waals surface area contributed by atoms with E-state index in [-0.39, 0.29) is 5.54 Å². The van der Waals surface area contributed by atoms with E-state index in [2.05, 4.69) is 37.7 Å². The first-order valence-corrected chi connectivity index (χ1v) is 9.57. The maximum Gasteiger partial charge on any atom is 0.253 e. The minimum absolute atomic E-state index is 0.320. The SMILES string of the molecule is Cc1noc(C23CC(C)CC(C2)N3Nc2ccc(Cl)c(-n3ncc(F)n3)c2)n1. The van der Waals surface area contributed by atoms with Gasteiger partial charge in [-0.3, -0.25) is 0 Å². The van der Waals surface area contributed by atoms with Crippen molar-refractivity contribution in [2.45, 2.75) is 44.7 Å². The van der Waals surface area contributed by atoms with Crippen LogP contribution in [-0.2, 0) is 5.54 Å². The molecule has 1 aliphatic carbocycles. The van der Waals surface area contributed by atoms with Crippen molar-refractivity contribution >= 4 is 17.3 Å². The molecule has 8 nitrogen and oxygen atoms in total. The molecule has 2 bridgehead atoms. The number of rotatable bonds is 4. The van der Waals surface area contributed by atoms with Crippen LogP contribution in [0.25, 0.3) is 5.69 Å². The summed E-state index contributed by atoms with van der Waals surface area (Å²) < 4.78 is 18.8. The number of aromatic nitrogens is 5. The van der Waals surface area contributed by atoms with Crippen LogP contribution in [0.15, 0.2) is 28.9 Å². The number of aryl methyl sites for hydroxylation is 1. The molecule has 10 heteroatoms. The Morgan fingerprint density at radius 2 is 2.21 bits per heavy atom. The summed E-state index contributed by atoms with van der Waals surface area (Å²) in [4.78, 5) is 5.69. The van der Waals surface area contributed by atoms with Crippen LogP contribution >= 0.6 is 11.6 Å². The summed E-state index contributed by atoms with van der Waals surface area (Å²) in [6.45, 7) is 4.07. The number of hydrazine groups is 1. The summed E-state index contributed by atoms with van der Waals surface area (Å²) in [5.74, 6) is 1.18. The molecule has 2 aliphatic rings. The topological polar surface area (TPSA) is 84.9 Å². The van der Waals surface area contributed by atoms with Gasteiger partial charge in [0.05, 0.1) is 10.7 Å². The van der Waals surface area contributed by atoms with E-state index in [1.54, 1.807) is 12.1 Å². The Labute approximate surface area is 165 Å². The highest BCUT2D eigenvalue weighted by Gasteiger charge is 2.60. The lowest BCUT2D eigenvalue weighted by Gasteiger charge is -2.61. The molecule has 146 valence electrons. The van der Waals surface area contributed by atoms with E-state index in [0.29, 0.717) is 34.4 Å². The van der Waals surface area contributed by atoms with Gasteiger partial charge >= 0.3 is 0 Å². The molecule has 1 saturated heterocycles. The van der Waals surface area contributed by atoms with Crippen LogP contribution in [-0.4, -0.2) is 36.2 Å². The monoisotopic (exact) mass is 403 g/mol. The Kier molecular flexibility index (Phi) is 3.92. The van der Waals surface area contributed by atoms with E-state index in [1.807, 2.05) is 13.0 Å². The third kappa shape index (κ3) is 2.68. The van der Waals surface area contributed by atoms with Gasteiger partial charge in [0.15, 0.2) is 5.82 Å². The van der Waals surface area contributed by atoms with Crippen LogP contribution in [0.4, 0.5) is 10.1 Å². The number of hydrogen-bond donors (Lipinski definition) is 1. The van der Waals surface area contributed by atoms with Crippen molar-refractivity contribution in [1.82, 2.24) is 30.1 Å². The van der Waals surface area contributed by atoms with Crippen LogP contribution in [0, 0.1) is 18.8 Å². The Balaban J connectivity index is 1.47. The van der Waals surface area contributed by atoms with Crippen molar-refractivity contribution < 1.29 is 8.91 Å². The smallest absolute Gasteiger partial charge is 0.253 e. The van der Waals surface area contributed by atoms with Crippen molar-refractivity contribution in [3.05, 3.63) is 47.1 Å². The van der Waals surface area contributed by atoms with Gasteiger partial charge in [-0.05, 0) is 50.3 Å². The predicted octanol–water partition coefficient (Wildman–Crippen LogP) is 3.48. The van der Waals surface area contributed by atoms with Gasteiger partial charge in [0.2, 0.25) is 5.89 Å². The van der Waals surface area contributed by atoms with E-state index < -0.39 is 5.95 Å². The van der Waals surface area contributed by atoms with Crippen molar-refractivity contribution in [2.24, 2.45) is 5.92 Å². The van der Waals surface area contributed by atoms with Gasteiger partial charge in [-0.1, -0.05) is 23.7 Å². The van der Waals surface area contributed by atoms with E-state index >= 15 is 0 Å². The zero-order valence-electron chi connectivity index (χ0n) is 15.4. The highest BCUT2D eigenvalue weighted by atomic mass is 35.5. The second kappa shape index (κ2) is 6.25. The van der Waals surface area contributed by atoms with E-state index in [4.69, 9.17) is 16.1 Å². The Morgan fingerprint density at radius 1 is 1.36 bits per heavy atom. The molecular formula is C18H19ClFN7O. The summed E-state index contributed by atoms with van der Waals surface area (Å²) in [5.41, 5.74) is 4.46. The molecule has 0 amide bonds. The lowest BCUT2D eigenvalue weighted by atomic mass is 9.65. The van der Waals surface area contributed by atoms with E-state index in [1.165, 1.54) is 4.80 Å². The quantitative estimate of drug-likeness (QED) is 0.713. The summed E-state index contributed by atoms with van der Waals surface area (Å²) in [7, 11) is 0. The molecule has 2 fully saturated rings. The maximum absolute atomic E-state index is 13.3. The lowest BCUT2D eigenvalue weighted by Crippen LogP contribution is -2.69. The molecule has 28 heavy (non-hydrogen) atoms. The highest BCUT2D eigenvalue weighted by Crippen LogP contribution is 2.55. The van der Waals surface area contributed by atoms with Crippen LogP contribution < -0.4 is 5.43 Å². The molecule has 1 N–H and O–H groups in total. The molecule has 3 atom stereocenters. The van der Waals surface area contributed by atoms with Crippen molar-refractivity contribution in [2.75, 3.05) is 5.43 Å². The van der Waals surface area contributed by atoms with E-state index in [9.17, 15) is 4.39 Å². The van der Waals surface area contributed by atoms with Crippen molar-refractivity contribution in [3.8, 4) is 5.69 Å². The fourth-order valence-corrected chi connectivity index (χ4v) is 4.70. The Bertz CT molecular complexity index is 1040. The lowest BCUT2D eigenvalue weighted by molar-refractivity contribution is -0.134. The molecule has 2 aromatic heterocycles. The molecule has 3 aromatic rings. The van der Waals surface area contributed by atoms with Gasteiger partial charge in [0.25, 0.3) is 5.95 Å². The Hall–Kier alpha value is -2.52. The highest BCUT2D eigenvalue weighted by molar-refractivity contribution is 6.32. The standard InChI is InChI=1S/C18H19ClFN7O/c1-10-5-13-8-18(7-10,17-22-11(2)25-28-17)26(13)23-12-3-4-14(19)15(6-12)27-21-9-16(20)24-27/h3-4,6,9-10,13,23H,5,7-8H2,1-2H3. The number of piperidine rings is 1. The van der Waals surface area contributed by atoms with Gasteiger partial charge in [-0.25, -0.2) is 5.01 Å². The average molecular weight is 404 g/mol. The van der Waals surface area contributed by atoms with Gasteiger partial charge in [0, 0.05) is 6.04 Å². The zero-order chi connectivity index (χ0) is 19.5. The fourth-order valence-electron chi connectivity index (χ4n) is 4.51. The van der Waals surface area contributed by atoms with Crippen molar-refractivity contribution in [3.63, 3.8) is 0 Å². The molecule has 0 radical (unpaired) electrons. The second-order valence-corrected chi connectivity index (χ2v) is 8.09. The molecule has 3 unspecified atom stereocenters. The van der Waals surface area contributed by atoms with Crippen LogP contribution in [0.5, 0.6) is 0 Å². The third-order valence-corrected chi connectivity index (χ3v) is 5.88. The third-order valence-electron chi connectivity index (χ3n) is 5.56. The predicted molar refractivity (Wildman–Crippen MR) is 99.3 cm³/mol. The molecule has 1 aliphatic heterocycles. The zero-order valence-corrected chi connectivity index (χ0v) is 16.2. The molecule has 5 rings (SSSR count). The molecular weight excluding hydrogens is 385 g/mol. The number of halogens is 2. The second-order valence-electron chi connectivity index (χ2n) is 7.69. The number of anilines is 1. The van der Waals surface area contributed by atoms with Gasteiger partial charge < -0.3 is 9.95 Å². The van der Waals surface area contributed by atoms with E-state index in [0.717, 1.165) is 31.1 Å². The first-order valence-electron chi connectivity index (χ1n) is 9.19. The van der Waals surface area contributed by atoms with Crippen LogP contribution in [0.3, 0.4) is 0 Å². The van der Waals surface area contributed by atoms with Crippen molar-refractivity contribution in [1.29, 1.82) is 0 Å².